The molecule has 0 aliphatic heterocycles. The summed E-state index contributed by atoms with van der Waals surface area (Å²) in [7, 11) is 1.68. The number of hydrogen-bond acceptors (Lipinski definition) is 2. The Morgan fingerprint density at radius 3 is 2.33 bits per heavy atom. The lowest BCUT2D eigenvalue weighted by atomic mass is 9.92. The normalized spacial score (nSPS) is 12.2. The van der Waals surface area contributed by atoms with Gasteiger partial charge >= 0.3 is 0 Å². The molecule has 4 heteroatoms. The predicted molar refractivity (Wildman–Crippen MR) is 89.4 cm³/mol. The van der Waals surface area contributed by atoms with Crippen molar-refractivity contribution in [1.82, 2.24) is 0 Å². The topological polar surface area (TPSA) is 35.2 Å². The Morgan fingerprint density at radius 1 is 1.00 bits per heavy atom. The monoisotopic (exact) mass is 323 g/mol. The Morgan fingerprint density at radius 2 is 1.71 bits per heavy atom. The van der Waals surface area contributed by atoms with Crippen molar-refractivity contribution in [3.05, 3.63) is 63.6 Å². The van der Waals surface area contributed by atoms with Crippen molar-refractivity contribution in [2.75, 3.05) is 13.7 Å². The van der Waals surface area contributed by atoms with E-state index in [1.165, 1.54) is 5.56 Å². The van der Waals surface area contributed by atoms with Gasteiger partial charge in [0.1, 0.15) is 5.75 Å². The number of ether oxygens (including phenoxy) is 1. The number of benzene rings is 2. The first-order chi connectivity index (χ1) is 10.1. The van der Waals surface area contributed by atoms with Crippen molar-refractivity contribution in [2.45, 2.75) is 12.8 Å². The van der Waals surface area contributed by atoms with Gasteiger partial charge in [-0.2, -0.15) is 0 Å². The van der Waals surface area contributed by atoms with E-state index in [4.69, 9.17) is 33.7 Å². The lowest BCUT2D eigenvalue weighted by Gasteiger charge is -2.16. The summed E-state index contributed by atoms with van der Waals surface area (Å²) in [5.74, 6) is 1.23. The minimum absolute atomic E-state index is 0.356. The fourth-order valence-electron chi connectivity index (χ4n) is 2.37. The van der Waals surface area contributed by atoms with Gasteiger partial charge in [0.05, 0.1) is 17.2 Å². The fourth-order valence-corrected chi connectivity index (χ4v) is 2.69. The second-order valence-corrected chi connectivity index (χ2v) is 5.92. The quantitative estimate of drug-likeness (QED) is 0.857. The molecule has 0 fully saturated rings. The van der Waals surface area contributed by atoms with Gasteiger partial charge in [0, 0.05) is 0 Å². The third-order valence-electron chi connectivity index (χ3n) is 3.50. The van der Waals surface area contributed by atoms with Crippen LogP contribution in [-0.2, 0) is 12.8 Å². The van der Waals surface area contributed by atoms with Crippen molar-refractivity contribution in [2.24, 2.45) is 11.7 Å². The smallest absolute Gasteiger partial charge is 0.119 e. The van der Waals surface area contributed by atoms with Crippen molar-refractivity contribution < 1.29 is 4.74 Å². The molecule has 2 aromatic carbocycles. The minimum atomic E-state index is 0.356. The van der Waals surface area contributed by atoms with Crippen LogP contribution in [0.3, 0.4) is 0 Å². The molecule has 0 aliphatic carbocycles. The van der Waals surface area contributed by atoms with Gasteiger partial charge < -0.3 is 10.5 Å². The fraction of sp³-hybridized carbons (Fsp3) is 0.294. The maximum atomic E-state index is 6.06. The van der Waals surface area contributed by atoms with Crippen molar-refractivity contribution in [3.8, 4) is 5.75 Å². The lowest BCUT2D eigenvalue weighted by molar-refractivity contribution is 0.413. The van der Waals surface area contributed by atoms with Gasteiger partial charge in [-0.25, -0.2) is 0 Å². The van der Waals surface area contributed by atoms with E-state index >= 15 is 0 Å². The average Bonchev–Trinajstić information content (AvgIpc) is 2.50. The number of rotatable bonds is 6. The van der Waals surface area contributed by atoms with Crippen LogP contribution in [-0.4, -0.2) is 13.7 Å². The SMILES string of the molecule is COc1cccc(CC(CN)Cc2ccc(Cl)c(Cl)c2)c1. The molecule has 0 saturated carbocycles. The van der Waals surface area contributed by atoms with Gasteiger partial charge in [-0.3, -0.25) is 0 Å². The zero-order valence-electron chi connectivity index (χ0n) is 12.0. The van der Waals surface area contributed by atoms with E-state index in [1.807, 2.05) is 30.3 Å². The third-order valence-corrected chi connectivity index (χ3v) is 4.24. The molecule has 0 aliphatic rings. The molecule has 112 valence electrons. The van der Waals surface area contributed by atoms with Crippen LogP contribution >= 0.6 is 23.2 Å². The minimum Gasteiger partial charge on any atom is -0.497 e. The largest absolute Gasteiger partial charge is 0.497 e. The van der Waals surface area contributed by atoms with Crippen LogP contribution < -0.4 is 10.5 Å². The maximum absolute atomic E-state index is 6.06. The second-order valence-electron chi connectivity index (χ2n) is 5.11. The highest BCUT2D eigenvalue weighted by Crippen LogP contribution is 2.25. The van der Waals surface area contributed by atoms with Crippen LogP contribution in [0.2, 0.25) is 10.0 Å². The first-order valence-electron chi connectivity index (χ1n) is 6.89. The third kappa shape index (κ3) is 4.63. The Hall–Kier alpha value is -1.22. The number of halogens is 2. The zero-order valence-corrected chi connectivity index (χ0v) is 13.5. The van der Waals surface area contributed by atoms with E-state index < -0.39 is 0 Å². The molecule has 0 saturated heterocycles. The van der Waals surface area contributed by atoms with Crippen molar-refractivity contribution in [1.29, 1.82) is 0 Å². The molecule has 0 heterocycles. The summed E-state index contributed by atoms with van der Waals surface area (Å²) in [5.41, 5.74) is 8.30. The molecule has 1 atom stereocenters. The molecule has 1 unspecified atom stereocenters. The zero-order chi connectivity index (χ0) is 15.2. The summed E-state index contributed by atoms with van der Waals surface area (Å²) in [6, 6.07) is 13.8. The van der Waals surface area contributed by atoms with Crippen LogP contribution in [0.25, 0.3) is 0 Å². The van der Waals surface area contributed by atoms with Crippen molar-refractivity contribution >= 4 is 23.2 Å². The molecule has 0 aromatic heterocycles. The molecular weight excluding hydrogens is 305 g/mol. The van der Waals surface area contributed by atoms with Crippen LogP contribution in [0.15, 0.2) is 42.5 Å². The summed E-state index contributed by atoms with van der Waals surface area (Å²) in [6.45, 7) is 0.622. The first-order valence-corrected chi connectivity index (χ1v) is 7.65. The molecule has 2 nitrogen and oxygen atoms in total. The molecule has 2 aromatic rings. The lowest BCUT2D eigenvalue weighted by Crippen LogP contribution is -2.19. The summed E-state index contributed by atoms with van der Waals surface area (Å²) < 4.78 is 5.25. The maximum Gasteiger partial charge on any atom is 0.119 e. The van der Waals surface area contributed by atoms with Gasteiger partial charge in [-0.1, -0.05) is 41.4 Å². The Labute approximate surface area is 135 Å². The van der Waals surface area contributed by atoms with E-state index in [0.29, 0.717) is 22.5 Å². The molecule has 2 N–H and O–H groups in total. The predicted octanol–water partition coefficient (Wildman–Crippen LogP) is 4.36. The number of hydrogen-bond donors (Lipinski definition) is 1. The van der Waals surface area contributed by atoms with Crippen LogP contribution in [0, 0.1) is 5.92 Å². The summed E-state index contributed by atoms with van der Waals surface area (Å²) >= 11 is 12.0. The highest BCUT2D eigenvalue weighted by Gasteiger charge is 2.11. The van der Waals surface area contributed by atoms with E-state index in [2.05, 4.69) is 12.1 Å². The molecule has 0 amide bonds. The van der Waals surface area contributed by atoms with E-state index in [-0.39, 0.29) is 0 Å². The first kappa shape index (κ1) is 16.2. The Balaban J connectivity index is 2.07. The van der Waals surface area contributed by atoms with Gasteiger partial charge in [0.15, 0.2) is 0 Å². The molecular formula is C17H19Cl2NO. The van der Waals surface area contributed by atoms with Gasteiger partial charge in [-0.05, 0) is 60.7 Å². The summed E-state index contributed by atoms with van der Waals surface area (Å²) in [5, 5.41) is 1.17. The highest BCUT2D eigenvalue weighted by molar-refractivity contribution is 6.42. The molecule has 0 spiro atoms. The van der Waals surface area contributed by atoms with E-state index in [0.717, 1.165) is 24.2 Å². The van der Waals surface area contributed by atoms with E-state index in [1.54, 1.807) is 7.11 Å². The van der Waals surface area contributed by atoms with E-state index in [9.17, 15) is 0 Å². The molecule has 0 bridgehead atoms. The molecule has 2 rings (SSSR count). The second kappa shape index (κ2) is 7.69. The van der Waals surface area contributed by atoms with Crippen LogP contribution in [0.5, 0.6) is 5.75 Å². The Bertz CT molecular complexity index is 601. The van der Waals surface area contributed by atoms with Gasteiger partial charge in [0.25, 0.3) is 0 Å². The highest BCUT2D eigenvalue weighted by atomic mass is 35.5. The standard InChI is InChI=1S/C17H19Cl2NO/c1-21-15-4-2-3-12(9-15)7-14(11-20)8-13-5-6-16(18)17(19)10-13/h2-6,9-10,14H,7-8,11,20H2,1H3. The average molecular weight is 324 g/mol. The summed E-state index contributed by atoms with van der Waals surface area (Å²) in [6.07, 6.45) is 1.79. The van der Waals surface area contributed by atoms with Gasteiger partial charge in [0.2, 0.25) is 0 Å². The van der Waals surface area contributed by atoms with Crippen LogP contribution in [0.4, 0.5) is 0 Å². The molecule has 0 radical (unpaired) electrons. The van der Waals surface area contributed by atoms with Gasteiger partial charge in [-0.15, -0.1) is 0 Å². The van der Waals surface area contributed by atoms with Crippen LogP contribution in [0.1, 0.15) is 11.1 Å². The molecule has 21 heavy (non-hydrogen) atoms. The Kier molecular flexibility index (Phi) is 5.92. The number of nitrogens with two attached hydrogens (primary N) is 1. The number of methoxy groups -OCH3 is 1. The van der Waals surface area contributed by atoms with Crippen molar-refractivity contribution in [3.63, 3.8) is 0 Å². The summed E-state index contributed by atoms with van der Waals surface area (Å²) in [4.78, 5) is 0.